The van der Waals surface area contributed by atoms with Crippen molar-refractivity contribution in [3.63, 3.8) is 0 Å². The average Bonchev–Trinajstić information content (AvgIpc) is 2.15. The first-order valence-electron chi connectivity index (χ1n) is 5.63. The zero-order chi connectivity index (χ0) is 11.8. The molecule has 0 spiro atoms. The third kappa shape index (κ3) is 1.58. The maximum atomic E-state index is 11.3. The molecule has 0 amide bonds. The lowest BCUT2D eigenvalue weighted by atomic mass is 9.68. The Morgan fingerprint density at radius 1 is 1.50 bits per heavy atom. The number of aromatic nitrogens is 2. The molecule has 4 heteroatoms. The maximum Gasteiger partial charge on any atom is 0.317 e. The summed E-state index contributed by atoms with van der Waals surface area (Å²) in [6.45, 7) is 4.08. The van der Waals surface area contributed by atoms with Crippen molar-refractivity contribution in [3.8, 4) is 0 Å². The largest absolute Gasteiger partial charge is 0.480 e. The van der Waals surface area contributed by atoms with Crippen molar-refractivity contribution in [2.45, 2.75) is 44.4 Å². The predicted molar refractivity (Wildman–Crippen MR) is 59.3 cm³/mol. The van der Waals surface area contributed by atoms with Gasteiger partial charge in [-0.15, -0.1) is 0 Å². The minimum atomic E-state index is -0.815. The van der Waals surface area contributed by atoms with Gasteiger partial charge >= 0.3 is 5.97 Å². The minimum Gasteiger partial charge on any atom is -0.480 e. The van der Waals surface area contributed by atoms with Gasteiger partial charge in [0, 0.05) is 11.9 Å². The second-order valence-electron chi connectivity index (χ2n) is 4.70. The fourth-order valence-corrected chi connectivity index (χ4v) is 1.99. The topological polar surface area (TPSA) is 63.1 Å². The summed E-state index contributed by atoms with van der Waals surface area (Å²) in [5.41, 5.74) is 0.0998. The van der Waals surface area contributed by atoms with Gasteiger partial charge in [0.25, 0.3) is 0 Å². The van der Waals surface area contributed by atoms with Crippen molar-refractivity contribution in [3.05, 3.63) is 23.8 Å². The van der Waals surface area contributed by atoms with Gasteiger partial charge in [-0.25, -0.2) is 9.97 Å². The molecule has 86 valence electrons. The number of carboxylic acids is 1. The van der Waals surface area contributed by atoms with E-state index in [4.69, 9.17) is 0 Å². The third-order valence-electron chi connectivity index (χ3n) is 3.31. The highest BCUT2D eigenvalue weighted by Gasteiger charge is 2.48. The van der Waals surface area contributed by atoms with E-state index >= 15 is 0 Å². The monoisotopic (exact) mass is 220 g/mol. The normalized spacial score (nSPS) is 18.2. The van der Waals surface area contributed by atoms with Gasteiger partial charge < -0.3 is 5.11 Å². The quantitative estimate of drug-likeness (QED) is 0.847. The van der Waals surface area contributed by atoms with Crippen LogP contribution in [-0.4, -0.2) is 21.0 Å². The Balaban J connectivity index is 2.39. The van der Waals surface area contributed by atoms with Gasteiger partial charge in [-0.1, -0.05) is 20.3 Å². The second kappa shape index (κ2) is 3.85. The highest BCUT2D eigenvalue weighted by molar-refractivity contribution is 5.81. The Morgan fingerprint density at radius 3 is 2.62 bits per heavy atom. The van der Waals surface area contributed by atoms with Crippen molar-refractivity contribution in [1.82, 2.24) is 9.97 Å². The molecule has 1 saturated carbocycles. The first-order chi connectivity index (χ1) is 7.56. The molecular formula is C12H16N2O2. The van der Waals surface area contributed by atoms with Crippen molar-refractivity contribution in [1.29, 1.82) is 0 Å². The van der Waals surface area contributed by atoms with Crippen LogP contribution in [-0.2, 0) is 10.2 Å². The smallest absolute Gasteiger partial charge is 0.317 e. The first kappa shape index (κ1) is 11.0. The highest BCUT2D eigenvalue weighted by atomic mass is 16.4. The Hall–Kier alpha value is -1.45. The van der Waals surface area contributed by atoms with Crippen LogP contribution >= 0.6 is 0 Å². The van der Waals surface area contributed by atoms with Crippen LogP contribution in [0.25, 0.3) is 0 Å². The van der Waals surface area contributed by atoms with E-state index in [9.17, 15) is 9.90 Å². The summed E-state index contributed by atoms with van der Waals surface area (Å²) in [4.78, 5) is 19.8. The molecule has 1 fully saturated rings. The molecule has 1 aromatic rings. The molecule has 1 heterocycles. The summed E-state index contributed by atoms with van der Waals surface area (Å²) in [6, 6.07) is 1.85. The summed E-state index contributed by atoms with van der Waals surface area (Å²) in [5, 5.41) is 9.29. The second-order valence-corrected chi connectivity index (χ2v) is 4.70. The summed E-state index contributed by atoms with van der Waals surface area (Å²) in [5.74, 6) is -0.00947. The number of carboxylic acid groups (broad SMARTS) is 1. The van der Waals surface area contributed by atoms with Crippen molar-refractivity contribution >= 4 is 5.97 Å². The summed E-state index contributed by atoms with van der Waals surface area (Å²) < 4.78 is 0. The van der Waals surface area contributed by atoms with E-state index in [0.717, 1.165) is 12.1 Å². The molecule has 0 bridgehead atoms. The number of rotatable bonds is 3. The molecule has 0 saturated heterocycles. The Labute approximate surface area is 94.7 Å². The number of carbonyl (C=O) groups is 1. The molecule has 2 rings (SSSR count). The first-order valence-corrected chi connectivity index (χ1v) is 5.63. The zero-order valence-corrected chi connectivity index (χ0v) is 9.60. The Bertz CT molecular complexity index is 411. The van der Waals surface area contributed by atoms with Gasteiger partial charge in [0.05, 0.1) is 0 Å². The Kier molecular flexibility index (Phi) is 2.66. The van der Waals surface area contributed by atoms with Crippen LogP contribution < -0.4 is 0 Å². The molecule has 1 aliphatic rings. The van der Waals surface area contributed by atoms with Gasteiger partial charge in [-0.3, -0.25) is 4.79 Å². The van der Waals surface area contributed by atoms with Gasteiger partial charge in [-0.05, 0) is 24.8 Å². The molecule has 0 atom stereocenters. The SMILES string of the molecule is CC(C)c1ccnc(C2(C(=O)O)CCC2)n1. The van der Waals surface area contributed by atoms with E-state index in [1.807, 2.05) is 19.9 Å². The van der Waals surface area contributed by atoms with Crippen LogP contribution in [0.3, 0.4) is 0 Å². The molecular weight excluding hydrogens is 204 g/mol. The fourth-order valence-electron chi connectivity index (χ4n) is 1.99. The van der Waals surface area contributed by atoms with E-state index in [1.54, 1.807) is 6.20 Å². The predicted octanol–water partition coefficient (Wildman–Crippen LogP) is 2.11. The van der Waals surface area contributed by atoms with Crippen LogP contribution in [0.5, 0.6) is 0 Å². The number of aliphatic carboxylic acids is 1. The van der Waals surface area contributed by atoms with E-state index in [2.05, 4.69) is 9.97 Å². The van der Waals surface area contributed by atoms with Crippen LogP contribution in [0.2, 0.25) is 0 Å². The van der Waals surface area contributed by atoms with Crippen molar-refractivity contribution in [2.75, 3.05) is 0 Å². The van der Waals surface area contributed by atoms with Gasteiger partial charge in [0.15, 0.2) is 0 Å². The zero-order valence-electron chi connectivity index (χ0n) is 9.60. The lowest BCUT2D eigenvalue weighted by Gasteiger charge is -2.36. The Morgan fingerprint density at radius 2 is 2.19 bits per heavy atom. The molecule has 1 aliphatic carbocycles. The van der Waals surface area contributed by atoms with E-state index in [-0.39, 0.29) is 0 Å². The molecule has 0 unspecified atom stereocenters. The van der Waals surface area contributed by atoms with Crippen LogP contribution in [0.1, 0.15) is 50.5 Å². The molecule has 0 radical (unpaired) electrons. The molecule has 1 N–H and O–H groups in total. The highest BCUT2D eigenvalue weighted by Crippen LogP contribution is 2.42. The number of hydrogen-bond acceptors (Lipinski definition) is 3. The number of nitrogens with zero attached hydrogens (tertiary/aromatic N) is 2. The molecule has 0 aromatic carbocycles. The van der Waals surface area contributed by atoms with Gasteiger partial charge in [0.2, 0.25) is 0 Å². The maximum absolute atomic E-state index is 11.3. The average molecular weight is 220 g/mol. The summed E-state index contributed by atoms with van der Waals surface area (Å²) >= 11 is 0. The molecule has 0 aliphatic heterocycles. The number of hydrogen-bond donors (Lipinski definition) is 1. The van der Waals surface area contributed by atoms with Crippen molar-refractivity contribution in [2.24, 2.45) is 0 Å². The fraction of sp³-hybridized carbons (Fsp3) is 0.583. The van der Waals surface area contributed by atoms with Gasteiger partial charge in [0.1, 0.15) is 11.2 Å². The third-order valence-corrected chi connectivity index (χ3v) is 3.31. The summed E-state index contributed by atoms with van der Waals surface area (Å²) in [6.07, 6.45) is 3.93. The lowest BCUT2D eigenvalue weighted by Crippen LogP contribution is -2.44. The lowest BCUT2D eigenvalue weighted by molar-refractivity contribution is -0.147. The molecule has 1 aromatic heterocycles. The van der Waals surface area contributed by atoms with Crippen LogP contribution in [0, 0.1) is 0 Å². The van der Waals surface area contributed by atoms with Crippen LogP contribution in [0.15, 0.2) is 12.3 Å². The van der Waals surface area contributed by atoms with E-state index in [1.165, 1.54) is 0 Å². The van der Waals surface area contributed by atoms with E-state index < -0.39 is 11.4 Å². The standard InChI is InChI=1S/C12H16N2O2/c1-8(2)9-4-7-13-10(14-9)12(11(15)16)5-3-6-12/h4,7-8H,3,5-6H2,1-2H3,(H,15,16). The summed E-state index contributed by atoms with van der Waals surface area (Å²) in [7, 11) is 0. The molecule has 16 heavy (non-hydrogen) atoms. The minimum absolute atomic E-state index is 0.299. The van der Waals surface area contributed by atoms with Crippen LogP contribution in [0.4, 0.5) is 0 Å². The molecule has 4 nitrogen and oxygen atoms in total. The van der Waals surface area contributed by atoms with Gasteiger partial charge in [-0.2, -0.15) is 0 Å². The van der Waals surface area contributed by atoms with Crippen molar-refractivity contribution < 1.29 is 9.90 Å². The van der Waals surface area contributed by atoms with E-state index in [0.29, 0.717) is 24.6 Å².